The highest BCUT2D eigenvalue weighted by Crippen LogP contribution is 2.37. The Morgan fingerprint density at radius 1 is 1.19 bits per heavy atom. The number of halogens is 2. The van der Waals surface area contributed by atoms with E-state index in [0.29, 0.717) is 18.2 Å². The molecule has 0 spiro atoms. The third kappa shape index (κ3) is 4.03. The van der Waals surface area contributed by atoms with Crippen LogP contribution >= 0.6 is 11.9 Å². The second-order valence-corrected chi connectivity index (χ2v) is 8.92. The summed E-state index contributed by atoms with van der Waals surface area (Å²) in [5.41, 5.74) is 0.318. The van der Waals surface area contributed by atoms with Gasteiger partial charge in [0.05, 0.1) is 6.61 Å². The molecule has 0 saturated carbocycles. The van der Waals surface area contributed by atoms with Gasteiger partial charge in [0, 0.05) is 43.8 Å². The Kier molecular flexibility index (Phi) is 6.04. The average molecular weight is 398 g/mol. The van der Waals surface area contributed by atoms with Gasteiger partial charge in [-0.05, 0) is 56.2 Å². The predicted molar refractivity (Wildman–Crippen MR) is 105 cm³/mol. The lowest BCUT2D eigenvalue weighted by Gasteiger charge is -2.40. The van der Waals surface area contributed by atoms with Crippen molar-refractivity contribution in [1.82, 2.24) is 14.5 Å². The summed E-state index contributed by atoms with van der Waals surface area (Å²) < 4.78 is 36.4. The first-order chi connectivity index (χ1) is 13.1. The van der Waals surface area contributed by atoms with E-state index in [1.165, 1.54) is 31.6 Å². The van der Waals surface area contributed by atoms with Crippen LogP contribution in [-0.4, -0.2) is 67.4 Å². The van der Waals surface area contributed by atoms with Crippen LogP contribution in [0.3, 0.4) is 0 Å². The van der Waals surface area contributed by atoms with Crippen molar-refractivity contribution in [2.24, 2.45) is 11.8 Å². The SMILES string of the molecule is CNC1CC(N2CC3CCN(SC)CC3C2)CO[C@@H]1c1cc(F)ccc1F. The highest BCUT2D eigenvalue weighted by molar-refractivity contribution is 7.96. The standard InChI is InChI=1S/C20H29F2N3OS/c1-23-19-8-16(12-26-20(19)17-7-15(21)3-4-18(17)22)24-9-13-5-6-25(27-2)11-14(13)10-24/h3-4,7,13-14,16,19-20,23H,5-6,8-12H2,1-2H3/t13?,14?,16?,19?,20-/m1/s1. The van der Waals surface area contributed by atoms with Crippen LogP contribution in [0.2, 0.25) is 0 Å². The van der Waals surface area contributed by atoms with Crippen LogP contribution in [-0.2, 0) is 4.74 Å². The summed E-state index contributed by atoms with van der Waals surface area (Å²) in [6.07, 6.45) is 3.87. The predicted octanol–water partition coefficient (Wildman–Crippen LogP) is 2.91. The molecular weight excluding hydrogens is 368 g/mol. The molecule has 0 radical (unpaired) electrons. The van der Waals surface area contributed by atoms with E-state index in [-0.39, 0.29) is 6.04 Å². The molecule has 3 fully saturated rings. The maximum Gasteiger partial charge on any atom is 0.129 e. The molecule has 4 rings (SSSR count). The lowest BCUT2D eigenvalue weighted by molar-refractivity contribution is -0.0551. The first-order valence-corrected chi connectivity index (χ1v) is 11.0. The van der Waals surface area contributed by atoms with Crippen LogP contribution < -0.4 is 5.32 Å². The Bertz CT molecular complexity index is 664. The number of nitrogens with one attached hydrogen (secondary N) is 1. The van der Waals surface area contributed by atoms with E-state index in [0.717, 1.165) is 37.4 Å². The lowest BCUT2D eigenvalue weighted by Crippen LogP contribution is -2.49. The van der Waals surface area contributed by atoms with Gasteiger partial charge in [-0.25, -0.2) is 8.78 Å². The summed E-state index contributed by atoms with van der Waals surface area (Å²) in [4.78, 5) is 2.57. The molecule has 3 aliphatic rings. The van der Waals surface area contributed by atoms with Gasteiger partial charge in [0.25, 0.3) is 0 Å². The van der Waals surface area contributed by atoms with E-state index in [2.05, 4.69) is 20.8 Å². The Hall–Kier alpha value is -0.730. The number of nitrogens with zero attached hydrogens (tertiary/aromatic N) is 2. The largest absolute Gasteiger partial charge is 0.370 e. The van der Waals surface area contributed by atoms with Gasteiger partial charge < -0.3 is 10.1 Å². The van der Waals surface area contributed by atoms with Crippen molar-refractivity contribution in [3.8, 4) is 0 Å². The van der Waals surface area contributed by atoms with Gasteiger partial charge in [-0.2, -0.15) is 0 Å². The van der Waals surface area contributed by atoms with Crippen molar-refractivity contribution >= 4 is 11.9 Å². The average Bonchev–Trinajstić information content (AvgIpc) is 3.12. The minimum Gasteiger partial charge on any atom is -0.370 e. The summed E-state index contributed by atoms with van der Waals surface area (Å²) in [6.45, 7) is 5.17. The fourth-order valence-corrected chi connectivity index (χ4v) is 5.64. The maximum atomic E-state index is 14.2. The van der Waals surface area contributed by atoms with Gasteiger partial charge in [-0.1, -0.05) is 11.9 Å². The number of hydrogen-bond donors (Lipinski definition) is 1. The number of ether oxygens (including phenoxy) is 1. The zero-order valence-electron chi connectivity index (χ0n) is 16.0. The van der Waals surface area contributed by atoms with E-state index in [1.807, 2.05) is 19.0 Å². The molecule has 0 aliphatic carbocycles. The number of fused-ring (bicyclic) bond motifs is 1. The van der Waals surface area contributed by atoms with Crippen LogP contribution in [0.15, 0.2) is 18.2 Å². The van der Waals surface area contributed by atoms with Crippen molar-refractivity contribution in [2.45, 2.75) is 31.0 Å². The fourth-order valence-electron chi connectivity index (χ4n) is 5.01. The summed E-state index contributed by atoms with van der Waals surface area (Å²) in [7, 11) is 1.88. The molecule has 1 N–H and O–H groups in total. The summed E-state index contributed by atoms with van der Waals surface area (Å²) in [5.74, 6) is 0.691. The molecule has 1 aromatic carbocycles. The van der Waals surface area contributed by atoms with Crippen LogP contribution in [0.5, 0.6) is 0 Å². The number of likely N-dealkylation sites (tertiary alicyclic amines) is 1. The molecule has 3 aliphatic heterocycles. The third-order valence-corrected chi connectivity index (χ3v) is 7.41. The normalized spacial score (nSPS) is 35.3. The maximum absolute atomic E-state index is 14.2. The third-order valence-electron chi connectivity index (χ3n) is 6.56. The van der Waals surface area contributed by atoms with Crippen molar-refractivity contribution in [2.75, 3.05) is 46.1 Å². The molecule has 1 aromatic rings. The number of likely N-dealkylation sites (N-methyl/N-ethyl adjacent to an activating group) is 1. The molecule has 0 aromatic heterocycles. The monoisotopic (exact) mass is 397 g/mol. The zero-order chi connectivity index (χ0) is 19.0. The molecule has 0 bridgehead atoms. The summed E-state index contributed by atoms with van der Waals surface area (Å²) >= 11 is 1.85. The van der Waals surface area contributed by atoms with E-state index in [4.69, 9.17) is 4.74 Å². The van der Waals surface area contributed by atoms with Crippen molar-refractivity contribution < 1.29 is 13.5 Å². The number of rotatable bonds is 4. The zero-order valence-corrected chi connectivity index (χ0v) is 16.9. The number of benzene rings is 1. The minimum absolute atomic E-state index is 0.0228. The molecule has 5 atom stereocenters. The van der Waals surface area contributed by atoms with Gasteiger partial charge in [0.15, 0.2) is 0 Å². The van der Waals surface area contributed by atoms with Crippen molar-refractivity contribution in [1.29, 1.82) is 0 Å². The summed E-state index contributed by atoms with van der Waals surface area (Å²) in [6, 6.07) is 3.93. The highest BCUT2D eigenvalue weighted by Gasteiger charge is 2.42. The minimum atomic E-state index is -0.446. The van der Waals surface area contributed by atoms with Gasteiger partial charge in [-0.15, -0.1) is 0 Å². The van der Waals surface area contributed by atoms with Crippen LogP contribution in [0.1, 0.15) is 24.5 Å². The van der Waals surface area contributed by atoms with Crippen molar-refractivity contribution in [3.63, 3.8) is 0 Å². The molecule has 3 saturated heterocycles. The number of hydrogen-bond acceptors (Lipinski definition) is 5. The second kappa shape index (κ2) is 8.33. The fraction of sp³-hybridized carbons (Fsp3) is 0.700. The molecule has 4 nitrogen and oxygen atoms in total. The smallest absolute Gasteiger partial charge is 0.129 e. The topological polar surface area (TPSA) is 27.7 Å². The van der Waals surface area contributed by atoms with Crippen LogP contribution in [0.25, 0.3) is 0 Å². The quantitative estimate of drug-likeness (QED) is 0.789. The van der Waals surface area contributed by atoms with Gasteiger partial charge in [0.1, 0.15) is 17.7 Å². The molecule has 0 amide bonds. The van der Waals surface area contributed by atoms with E-state index >= 15 is 0 Å². The van der Waals surface area contributed by atoms with E-state index < -0.39 is 17.7 Å². The van der Waals surface area contributed by atoms with Gasteiger partial charge >= 0.3 is 0 Å². The van der Waals surface area contributed by atoms with Gasteiger partial charge in [0.2, 0.25) is 0 Å². The van der Waals surface area contributed by atoms with E-state index in [9.17, 15) is 8.78 Å². The molecule has 27 heavy (non-hydrogen) atoms. The van der Waals surface area contributed by atoms with E-state index in [1.54, 1.807) is 0 Å². The highest BCUT2D eigenvalue weighted by atomic mass is 32.2. The Morgan fingerprint density at radius 2 is 2.00 bits per heavy atom. The molecule has 4 unspecified atom stereocenters. The Labute approximate surface area is 164 Å². The van der Waals surface area contributed by atoms with Crippen LogP contribution in [0.4, 0.5) is 8.78 Å². The Morgan fingerprint density at radius 3 is 2.78 bits per heavy atom. The first-order valence-electron chi connectivity index (χ1n) is 9.86. The molecule has 3 heterocycles. The van der Waals surface area contributed by atoms with Crippen LogP contribution in [0, 0.1) is 23.5 Å². The Balaban J connectivity index is 1.42. The summed E-state index contributed by atoms with van der Waals surface area (Å²) in [5, 5.41) is 3.28. The molecular formula is C20H29F2N3OS. The van der Waals surface area contributed by atoms with Crippen molar-refractivity contribution in [3.05, 3.63) is 35.4 Å². The van der Waals surface area contributed by atoms with Gasteiger partial charge in [-0.3, -0.25) is 9.21 Å². The first kappa shape index (κ1) is 19.6. The second-order valence-electron chi connectivity index (χ2n) is 8.04. The molecule has 150 valence electrons. The number of piperidine rings is 1. The lowest BCUT2D eigenvalue weighted by atomic mass is 9.90. The molecule has 7 heteroatoms.